The highest BCUT2D eigenvalue weighted by Crippen LogP contribution is 2.30. The molecule has 2 heterocycles. The average molecular weight is 321 g/mol. The van der Waals surface area contributed by atoms with Crippen LogP contribution in [0.15, 0.2) is 41.1 Å². The monoisotopic (exact) mass is 320 g/mol. The Labute approximate surface area is 131 Å². The first-order valence-electron chi connectivity index (χ1n) is 6.54. The summed E-state index contributed by atoms with van der Waals surface area (Å²) in [6, 6.07) is 8.22. The van der Waals surface area contributed by atoms with Gasteiger partial charge in [0.05, 0.1) is 5.56 Å². The van der Waals surface area contributed by atoms with Gasteiger partial charge in [-0.05, 0) is 17.5 Å². The van der Waals surface area contributed by atoms with Gasteiger partial charge in [-0.25, -0.2) is 0 Å². The number of rotatable bonds is 2. The molecular formula is C15H13ClN2O2S. The van der Waals surface area contributed by atoms with Crippen LogP contribution in [0.1, 0.15) is 22.0 Å². The number of halogens is 1. The number of nitrogens with zero attached hydrogens (tertiary/aromatic N) is 1. The molecule has 1 fully saturated rings. The minimum absolute atomic E-state index is 0.143. The molecule has 1 aliphatic heterocycles. The third-order valence-corrected chi connectivity index (χ3v) is 4.47. The van der Waals surface area contributed by atoms with Gasteiger partial charge in [0, 0.05) is 29.1 Å². The molecule has 3 rings (SSSR count). The van der Waals surface area contributed by atoms with Crippen molar-refractivity contribution in [2.24, 2.45) is 0 Å². The summed E-state index contributed by atoms with van der Waals surface area (Å²) in [5, 5.41) is 6.93. The van der Waals surface area contributed by atoms with Crippen LogP contribution in [0.25, 0.3) is 0 Å². The van der Waals surface area contributed by atoms with Crippen molar-refractivity contribution in [2.45, 2.75) is 6.04 Å². The van der Waals surface area contributed by atoms with Crippen molar-refractivity contribution in [1.82, 2.24) is 10.2 Å². The summed E-state index contributed by atoms with van der Waals surface area (Å²) >= 11 is 7.66. The lowest BCUT2D eigenvalue weighted by atomic mass is 10.0. The van der Waals surface area contributed by atoms with Crippen LogP contribution in [-0.2, 0) is 4.79 Å². The molecule has 1 atom stereocenters. The molecule has 1 aromatic heterocycles. The molecule has 2 amide bonds. The summed E-state index contributed by atoms with van der Waals surface area (Å²) < 4.78 is 0. The van der Waals surface area contributed by atoms with Gasteiger partial charge in [-0.1, -0.05) is 29.8 Å². The van der Waals surface area contributed by atoms with Crippen molar-refractivity contribution >= 4 is 34.8 Å². The summed E-state index contributed by atoms with van der Waals surface area (Å²) in [6.45, 7) is 0.923. The van der Waals surface area contributed by atoms with E-state index in [0.29, 0.717) is 29.2 Å². The molecule has 6 heteroatoms. The van der Waals surface area contributed by atoms with Gasteiger partial charge in [0.1, 0.15) is 6.04 Å². The quantitative estimate of drug-likeness (QED) is 0.925. The number of nitrogens with one attached hydrogen (secondary N) is 1. The third-order valence-electron chi connectivity index (χ3n) is 3.44. The standard InChI is InChI=1S/C15H13ClN2O2S/c16-12-4-2-1-3-11(12)13-14(19)17-6-7-18(13)15(20)10-5-8-21-9-10/h1-5,8-9,13H,6-7H2,(H,17,19)/t13-/m0/s1. The number of piperazine rings is 1. The number of carbonyl (C=O) groups is 2. The second-order valence-electron chi connectivity index (χ2n) is 4.73. The van der Waals surface area contributed by atoms with E-state index < -0.39 is 6.04 Å². The van der Waals surface area contributed by atoms with Gasteiger partial charge >= 0.3 is 0 Å². The Morgan fingerprint density at radius 1 is 1.33 bits per heavy atom. The maximum absolute atomic E-state index is 12.6. The van der Waals surface area contributed by atoms with Gasteiger partial charge in [-0.2, -0.15) is 11.3 Å². The molecule has 0 radical (unpaired) electrons. The van der Waals surface area contributed by atoms with Crippen molar-refractivity contribution in [3.63, 3.8) is 0 Å². The number of hydrogen-bond donors (Lipinski definition) is 1. The van der Waals surface area contributed by atoms with Crippen LogP contribution >= 0.6 is 22.9 Å². The number of thiophene rings is 1. The normalized spacial score (nSPS) is 18.4. The van der Waals surface area contributed by atoms with E-state index in [1.54, 1.807) is 34.5 Å². The fourth-order valence-corrected chi connectivity index (χ4v) is 3.31. The van der Waals surface area contributed by atoms with Crippen LogP contribution in [0.2, 0.25) is 5.02 Å². The van der Waals surface area contributed by atoms with Crippen LogP contribution in [0.5, 0.6) is 0 Å². The van der Waals surface area contributed by atoms with E-state index in [2.05, 4.69) is 5.32 Å². The van der Waals surface area contributed by atoms with E-state index >= 15 is 0 Å². The SMILES string of the molecule is O=C1NCCN(C(=O)c2ccsc2)[C@H]1c1ccccc1Cl. The smallest absolute Gasteiger partial charge is 0.255 e. The Kier molecular flexibility index (Phi) is 3.94. The number of hydrogen-bond acceptors (Lipinski definition) is 3. The van der Waals surface area contributed by atoms with Gasteiger partial charge < -0.3 is 10.2 Å². The van der Waals surface area contributed by atoms with E-state index in [-0.39, 0.29) is 11.8 Å². The zero-order chi connectivity index (χ0) is 14.8. The zero-order valence-corrected chi connectivity index (χ0v) is 12.7. The maximum Gasteiger partial charge on any atom is 0.255 e. The Balaban J connectivity index is 1.99. The van der Waals surface area contributed by atoms with Crippen LogP contribution in [0, 0.1) is 0 Å². The van der Waals surface area contributed by atoms with Crippen LogP contribution in [-0.4, -0.2) is 29.8 Å². The first-order chi connectivity index (χ1) is 10.2. The predicted octanol–water partition coefficient (Wildman–Crippen LogP) is 2.71. The first-order valence-corrected chi connectivity index (χ1v) is 7.86. The van der Waals surface area contributed by atoms with Crippen LogP contribution < -0.4 is 5.32 Å². The third kappa shape index (κ3) is 2.66. The Morgan fingerprint density at radius 3 is 2.86 bits per heavy atom. The summed E-state index contributed by atoms with van der Waals surface area (Å²) in [6.07, 6.45) is 0. The van der Waals surface area contributed by atoms with Gasteiger partial charge in [-0.3, -0.25) is 9.59 Å². The molecule has 0 spiro atoms. The highest BCUT2D eigenvalue weighted by molar-refractivity contribution is 7.08. The zero-order valence-electron chi connectivity index (χ0n) is 11.1. The molecule has 0 unspecified atom stereocenters. The lowest BCUT2D eigenvalue weighted by Gasteiger charge is -2.35. The fraction of sp³-hybridized carbons (Fsp3) is 0.200. The van der Waals surface area contributed by atoms with Gasteiger partial charge in [0.2, 0.25) is 5.91 Å². The summed E-state index contributed by atoms with van der Waals surface area (Å²) in [5.74, 6) is -0.339. The second-order valence-corrected chi connectivity index (χ2v) is 5.91. The largest absolute Gasteiger partial charge is 0.352 e. The van der Waals surface area contributed by atoms with Crippen molar-refractivity contribution in [3.05, 3.63) is 57.2 Å². The molecule has 2 aromatic rings. The van der Waals surface area contributed by atoms with Crippen molar-refractivity contribution in [3.8, 4) is 0 Å². The molecule has 108 valence electrons. The molecule has 4 nitrogen and oxygen atoms in total. The van der Waals surface area contributed by atoms with Crippen LogP contribution in [0.4, 0.5) is 0 Å². The number of amides is 2. The highest BCUT2D eigenvalue weighted by atomic mass is 35.5. The van der Waals surface area contributed by atoms with Crippen molar-refractivity contribution in [2.75, 3.05) is 13.1 Å². The Hall–Kier alpha value is -1.85. The lowest BCUT2D eigenvalue weighted by Crippen LogP contribution is -2.52. The Morgan fingerprint density at radius 2 is 2.14 bits per heavy atom. The molecule has 1 N–H and O–H groups in total. The lowest BCUT2D eigenvalue weighted by molar-refractivity contribution is -0.128. The van der Waals surface area contributed by atoms with Gasteiger partial charge in [0.15, 0.2) is 0 Å². The maximum atomic E-state index is 12.6. The Bertz CT molecular complexity index is 672. The van der Waals surface area contributed by atoms with Gasteiger partial charge in [-0.15, -0.1) is 0 Å². The van der Waals surface area contributed by atoms with E-state index in [9.17, 15) is 9.59 Å². The summed E-state index contributed by atoms with van der Waals surface area (Å²) in [5.41, 5.74) is 1.26. The number of carbonyl (C=O) groups excluding carboxylic acids is 2. The topological polar surface area (TPSA) is 49.4 Å². The molecule has 0 aliphatic carbocycles. The molecule has 1 aromatic carbocycles. The first kappa shape index (κ1) is 14.1. The molecule has 21 heavy (non-hydrogen) atoms. The average Bonchev–Trinajstić information content (AvgIpc) is 3.01. The minimum Gasteiger partial charge on any atom is -0.352 e. The molecular weight excluding hydrogens is 308 g/mol. The van der Waals surface area contributed by atoms with Crippen molar-refractivity contribution < 1.29 is 9.59 Å². The summed E-state index contributed by atoms with van der Waals surface area (Å²) in [7, 11) is 0. The minimum atomic E-state index is -0.681. The molecule has 0 saturated carbocycles. The highest BCUT2D eigenvalue weighted by Gasteiger charge is 2.35. The fourth-order valence-electron chi connectivity index (χ4n) is 2.44. The predicted molar refractivity (Wildman–Crippen MR) is 82.6 cm³/mol. The van der Waals surface area contributed by atoms with Gasteiger partial charge in [0.25, 0.3) is 5.91 Å². The molecule has 1 aliphatic rings. The molecule has 1 saturated heterocycles. The summed E-state index contributed by atoms with van der Waals surface area (Å²) in [4.78, 5) is 26.5. The molecule has 0 bridgehead atoms. The van der Waals surface area contributed by atoms with E-state index in [1.807, 2.05) is 11.4 Å². The van der Waals surface area contributed by atoms with Crippen molar-refractivity contribution in [1.29, 1.82) is 0 Å². The van der Waals surface area contributed by atoms with E-state index in [1.165, 1.54) is 11.3 Å². The van der Waals surface area contributed by atoms with Crippen LogP contribution in [0.3, 0.4) is 0 Å². The van der Waals surface area contributed by atoms with E-state index in [0.717, 1.165) is 0 Å². The number of benzene rings is 1. The second kappa shape index (κ2) is 5.87. The van der Waals surface area contributed by atoms with E-state index in [4.69, 9.17) is 11.6 Å².